The van der Waals surface area contributed by atoms with Crippen LogP contribution in [0.1, 0.15) is 18.4 Å². The summed E-state index contributed by atoms with van der Waals surface area (Å²) in [7, 11) is 1.85. The van der Waals surface area contributed by atoms with Crippen LogP contribution in [0.15, 0.2) is 22.7 Å². The molecule has 90 valence electrons. The molecular formula is C12H14BrN3O. The molecule has 17 heavy (non-hydrogen) atoms. The Morgan fingerprint density at radius 3 is 2.94 bits per heavy atom. The van der Waals surface area contributed by atoms with Crippen LogP contribution in [0.3, 0.4) is 0 Å². The fourth-order valence-corrected chi connectivity index (χ4v) is 1.72. The molecule has 1 rings (SSSR count). The average molecular weight is 296 g/mol. The molecule has 0 aliphatic rings. The maximum atomic E-state index is 11.6. The van der Waals surface area contributed by atoms with E-state index in [9.17, 15) is 4.79 Å². The maximum Gasteiger partial charge on any atom is 0.224 e. The summed E-state index contributed by atoms with van der Waals surface area (Å²) in [5.41, 5.74) is 1.02. The predicted molar refractivity (Wildman–Crippen MR) is 70.6 cm³/mol. The van der Waals surface area contributed by atoms with Gasteiger partial charge in [0.25, 0.3) is 0 Å². The Balaban J connectivity index is 2.64. The quantitative estimate of drug-likeness (QED) is 0.819. The second-order valence-corrected chi connectivity index (χ2v) is 4.47. The number of nitrogens with zero attached hydrogens (tertiary/aromatic N) is 1. The highest BCUT2D eigenvalue weighted by Gasteiger charge is 2.06. The molecule has 2 N–H and O–H groups in total. The molecule has 5 heteroatoms. The van der Waals surface area contributed by atoms with Gasteiger partial charge in [-0.2, -0.15) is 5.26 Å². The summed E-state index contributed by atoms with van der Waals surface area (Å²) in [6.45, 7) is 0.803. The van der Waals surface area contributed by atoms with Crippen molar-refractivity contribution in [2.75, 3.05) is 18.9 Å². The molecule has 0 bridgehead atoms. The summed E-state index contributed by atoms with van der Waals surface area (Å²) in [4.78, 5) is 11.6. The molecule has 0 aliphatic heterocycles. The average Bonchev–Trinajstić information content (AvgIpc) is 2.29. The molecule has 1 aromatic carbocycles. The molecular weight excluding hydrogens is 282 g/mol. The highest BCUT2D eigenvalue weighted by molar-refractivity contribution is 9.10. The third-order valence-electron chi connectivity index (χ3n) is 2.21. The molecule has 0 saturated heterocycles. The number of hydrogen-bond donors (Lipinski definition) is 2. The van der Waals surface area contributed by atoms with E-state index in [1.165, 1.54) is 0 Å². The van der Waals surface area contributed by atoms with Crippen molar-refractivity contribution in [3.63, 3.8) is 0 Å². The van der Waals surface area contributed by atoms with E-state index in [2.05, 4.69) is 26.6 Å². The van der Waals surface area contributed by atoms with Gasteiger partial charge < -0.3 is 10.6 Å². The lowest BCUT2D eigenvalue weighted by molar-refractivity contribution is -0.116. The predicted octanol–water partition coefficient (Wildman–Crippen LogP) is 2.26. The standard InChI is InChI=1S/C12H14BrN3O/c1-15-6-2-3-12(17)16-11-7-10(13)5-4-9(11)8-14/h4-5,7,15H,2-3,6H2,1H3,(H,16,17). The molecule has 0 aromatic heterocycles. The highest BCUT2D eigenvalue weighted by Crippen LogP contribution is 2.20. The van der Waals surface area contributed by atoms with E-state index >= 15 is 0 Å². The Bertz CT molecular complexity index is 440. The lowest BCUT2D eigenvalue weighted by Gasteiger charge is -2.07. The highest BCUT2D eigenvalue weighted by atomic mass is 79.9. The third-order valence-corrected chi connectivity index (χ3v) is 2.70. The molecule has 0 aliphatic carbocycles. The Kier molecular flexibility index (Phi) is 5.67. The van der Waals surface area contributed by atoms with E-state index in [0.29, 0.717) is 17.7 Å². The van der Waals surface area contributed by atoms with Crippen LogP contribution in [0.25, 0.3) is 0 Å². The fraction of sp³-hybridized carbons (Fsp3) is 0.333. The molecule has 0 heterocycles. The molecule has 1 amide bonds. The first-order chi connectivity index (χ1) is 8.17. The minimum atomic E-state index is -0.0742. The van der Waals surface area contributed by atoms with Crippen LogP contribution in [0.4, 0.5) is 5.69 Å². The van der Waals surface area contributed by atoms with E-state index in [4.69, 9.17) is 5.26 Å². The second-order valence-electron chi connectivity index (χ2n) is 3.56. The minimum Gasteiger partial charge on any atom is -0.325 e. The largest absolute Gasteiger partial charge is 0.325 e. The van der Waals surface area contributed by atoms with E-state index in [1.54, 1.807) is 18.2 Å². The zero-order valence-corrected chi connectivity index (χ0v) is 11.2. The summed E-state index contributed by atoms with van der Waals surface area (Å²) in [6, 6.07) is 7.23. The molecule has 0 saturated carbocycles. The van der Waals surface area contributed by atoms with Crippen molar-refractivity contribution < 1.29 is 4.79 Å². The van der Waals surface area contributed by atoms with Crippen molar-refractivity contribution in [2.45, 2.75) is 12.8 Å². The first kappa shape index (κ1) is 13.7. The van der Waals surface area contributed by atoms with Crippen LogP contribution in [0.2, 0.25) is 0 Å². The summed E-state index contributed by atoms with van der Waals surface area (Å²) in [5, 5.41) is 14.6. The van der Waals surface area contributed by atoms with E-state index in [1.807, 2.05) is 13.1 Å². The SMILES string of the molecule is CNCCCC(=O)Nc1cc(Br)ccc1C#N. The van der Waals surface area contributed by atoms with Gasteiger partial charge in [-0.25, -0.2) is 0 Å². The number of carbonyl (C=O) groups is 1. The van der Waals surface area contributed by atoms with Crippen LogP contribution in [-0.2, 0) is 4.79 Å². The number of hydrogen-bond acceptors (Lipinski definition) is 3. The number of rotatable bonds is 5. The summed E-state index contributed by atoms with van der Waals surface area (Å²) >= 11 is 3.31. The fourth-order valence-electron chi connectivity index (χ4n) is 1.36. The van der Waals surface area contributed by atoms with E-state index in [-0.39, 0.29) is 5.91 Å². The smallest absolute Gasteiger partial charge is 0.224 e. The first-order valence-corrected chi connectivity index (χ1v) is 6.10. The van der Waals surface area contributed by atoms with Gasteiger partial charge in [-0.1, -0.05) is 15.9 Å². The van der Waals surface area contributed by atoms with Crippen LogP contribution in [-0.4, -0.2) is 19.5 Å². The lowest BCUT2D eigenvalue weighted by atomic mass is 10.2. The first-order valence-electron chi connectivity index (χ1n) is 5.31. The Morgan fingerprint density at radius 2 is 2.29 bits per heavy atom. The van der Waals surface area contributed by atoms with Gasteiger partial charge in [0.05, 0.1) is 11.3 Å². The Labute approximate surface area is 109 Å². The van der Waals surface area contributed by atoms with Gasteiger partial charge in [-0.15, -0.1) is 0 Å². The normalized spacial score (nSPS) is 9.71. The van der Waals surface area contributed by atoms with Gasteiger partial charge in [0.15, 0.2) is 0 Å². The van der Waals surface area contributed by atoms with Crippen molar-refractivity contribution in [2.24, 2.45) is 0 Å². The van der Waals surface area contributed by atoms with Gasteiger partial charge in [0.1, 0.15) is 6.07 Å². The summed E-state index contributed by atoms with van der Waals surface area (Å²) in [6.07, 6.45) is 1.22. The second kappa shape index (κ2) is 7.05. The number of anilines is 1. The molecule has 1 aromatic rings. The van der Waals surface area contributed by atoms with Gasteiger partial charge >= 0.3 is 0 Å². The Morgan fingerprint density at radius 1 is 1.53 bits per heavy atom. The van der Waals surface area contributed by atoms with E-state index < -0.39 is 0 Å². The van der Waals surface area contributed by atoms with Crippen LogP contribution < -0.4 is 10.6 Å². The number of benzene rings is 1. The topological polar surface area (TPSA) is 64.9 Å². The van der Waals surface area contributed by atoms with Crippen molar-refractivity contribution in [1.82, 2.24) is 5.32 Å². The molecule has 4 nitrogen and oxygen atoms in total. The van der Waals surface area contributed by atoms with Gasteiger partial charge in [0, 0.05) is 10.9 Å². The van der Waals surface area contributed by atoms with E-state index in [0.717, 1.165) is 17.4 Å². The van der Waals surface area contributed by atoms with Crippen LogP contribution in [0, 0.1) is 11.3 Å². The summed E-state index contributed by atoms with van der Waals surface area (Å²) < 4.78 is 0.835. The molecule has 0 fully saturated rings. The number of carbonyl (C=O) groups excluding carboxylic acids is 1. The molecule has 0 unspecified atom stereocenters. The van der Waals surface area contributed by atoms with Crippen LogP contribution in [0.5, 0.6) is 0 Å². The maximum absolute atomic E-state index is 11.6. The Hall–Kier alpha value is -1.38. The lowest BCUT2D eigenvalue weighted by Crippen LogP contribution is -2.15. The van der Waals surface area contributed by atoms with Gasteiger partial charge in [-0.3, -0.25) is 4.79 Å². The zero-order chi connectivity index (χ0) is 12.7. The number of halogens is 1. The van der Waals surface area contributed by atoms with Gasteiger partial charge in [0.2, 0.25) is 5.91 Å². The molecule has 0 spiro atoms. The molecule has 0 radical (unpaired) electrons. The number of nitrogens with one attached hydrogen (secondary N) is 2. The van der Waals surface area contributed by atoms with Crippen molar-refractivity contribution in [3.05, 3.63) is 28.2 Å². The van der Waals surface area contributed by atoms with Gasteiger partial charge in [-0.05, 0) is 38.2 Å². The molecule has 0 atom stereocenters. The zero-order valence-electron chi connectivity index (χ0n) is 9.59. The summed E-state index contributed by atoms with van der Waals surface area (Å²) in [5.74, 6) is -0.0742. The van der Waals surface area contributed by atoms with Crippen LogP contribution >= 0.6 is 15.9 Å². The number of amides is 1. The van der Waals surface area contributed by atoms with Crippen molar-refractivity contribution in [1.29, 1.82) is 5.26 Å². The van der Waals surface area contributed by atoms with Crippen molar-refractivity contribution >= 4 is 27.5 Å². The van der Waals surface area contributed by atoms with Crippen molar-refractivity contribution in [3.8, 4) is 6.07 Å². The third kappa shape index (κ3) is 4.55. The minimum absolute atomic E-state index is 0.0742. The monoisotopic (exact) mass is 295 g/mol. The number of nitriles is 1.